The number of carbonyl (C=O) groups is 1. The molecular formula is C12H15BrN2O3S. The summed E-state index contributed by atoms with van der Waals surface area (Å²) in [5.41, 5.74) is 0.408. The van der Waals surface area contributed by atoms with Crippen molar-refractivity contribution in [2.45, 2.75) is 4.90 Å². The molecule has 1 heterocycles. The van der Waals surface area contributed by atoms with E-state index in [4.69, 9.17) is 0 Å². The highest BCUT2D eigenvalue weighted by atomic mass is 79.9. The number of hydrogen-bond acceptors (Lipinski definition) is 4. The van der Waals surface area contributed by atoms with E-state index in [-0.39, 0.29) is 10.8 Å². The van der Waals surface area contributed by atoms with E-state index in [1.807, 2.05) is 0 Å². The lowest BCUT2D eigenvalue weighted by Crippen LogP contribution is -2.46. The fraction of sp³-hybridized carbons (Fsp3) is 0.417. The van der Waals surface area contributed by atoms with Crippen LogP contribution in [0.1, 0.15) is 10.4 Å². The second-order valence-electron chi connectivity index (χ2n) is 4.46. The van der Waals surface area contributed by atoms with Crippen molar-refractivity contribution in [3.63, 3.8) is 0 Å². The minimum atomic E-state index is -3.35. The van der Waals surface area contributed by atoms with Crippen LogP contribution in [0.2, 0.25) is 0 Å². The Kier molecular flexibility index (Phi) is 4.27. The van der Waals surface area contributed by atoms with Gasteiger partial charge in [0.1, 0.15) is 0 Å². The summed E-state index contributed by atoms with van der Waals surface area (Å²) >= 11 is 3.20. The Morgan fingerprint density at radius 2 is 1.95 bits per heavy atom. The number of rotatable bonds is 2. The van der Waals surface area contributed by atoms with Gasteiger partial charge in [-0.1, -0.05) is 0 Å². The van der Waals surface area contributed by atoms with Crippen LogP contribution in [0.15, 0.2) is 27.6 Å². The van der Waals surface area contributed by atoms with E-state index in [0.29, 0.717) is 23.1 Å². The number of nitrogens with zero attached hydrogens (tertiary/aromatic N) is 1. The van der Waals surface area contributed by atoms with Gasteiger partial charge in [-0.05, 0) is 34.1 Å². The summed E-state index contributed by atoms with van der Waals surface area (Å²) < 4.78 is 23.8. The number of hydrogen-bond donors (Lipinski definition) is 1. The lowest BCUT2D eigenvalue weighted by molar-refractivity contribution is 0.0735. The third kappa shape index (κ3) is 3.34. The Labute approximate surface area is 121 Å². The van der Waals surface area contributed by atoms with E-state index in [2.05, 4.69) is 21.2 Å². The highest BCUT2D eigenvalue weighted by molar-refractivity contribution is 9.10. The van der Waals surface area contributed by atoms with Gasteiger partial charge in [-0.25, -0.2) is 8.42 Å². The van der Waals surface area contributed by atoms with Crippen LogP contribution in [0, 0.1) is 0 Å². The first-order valence-corrected chi connectivity index (χ1v) is 8.57. The summed E-state index contributed by atoms with van der Waals surface area (Å²) in [5, 5.41) is 3.17. The molecule has 0 saturated carbocycles. The molecule has 1 aromatic rings. The smallest absolute Gasteiger partial charge is 0.253 e. The lowest BCUT2D eigenvalue weighted by atomic mass is 10.2. The molecule has 1 fully saturated rings. The van der Waals surface area contributed by atoms with Crippen molar-refractivity contribution in [2.75, 3.05) is 32.4 Å². The molecule has 7 heteroatoms. The second kappa shape index (κ2) is 5.60. The van der Waals surface area contributed by atoms with E-state index < -0.39 is 9.84 Å². The number of benzene rings is 1. The first-order chi connectivity index (χ1) is 8.89. The molecule has 0 radical (unpaired) electrons. The fourth-order valence-corrected chi connectivity index (χ4v) is 3.86. The molecule has 1 saturated heterocycles. The Hall–Kier alpha value is -0.920. The first-order valence-electron chi connectivity index (χ1n) is 5.89. The van der Waals surface area contributed by atoms with E-state index in [9.17, 15) is 13.2 Å². The van der Waals surface area contributed by atoms with Crippen LogP contribution in [-0.4, -0.2) is 51.7 Å². The third-order valence-corrected chi connectivity index (χ3v) is 5.07. The summed E-state index contributed by atoms with van der Waals surface area (Å²) in [6.07, 6.45) is 1.13. The van der Waals surface area contributed by atoms with Gasteiger partial charge in [0.05, 0.1) is 4.90 Å². The minimum Gasteiger partial charge on any atom is -0.336 e. The maximum Gasteiger partial charge on any atom is 0.253 e. The number of amides is 1. The zero-order valence-corrected chi connectivity index (χ0v) is 12.9. The average molecular weight is 347 g/mol. The van der Waals surface area contributed by atoms with Gasteiger partial charge in [-0.3, -0.25) is 4.79 Å². The summed E-state index contributed by atoms with van der Waals surface area (Å²) in [4.78, 5) is 14.2. The standard InChI is InChI=1S/C12H15BrN2O3S/c1-19(17,18)11-8-9(2-3-10(11)13)12(16)15-6-4-14-5-7-15/h2-3,8,14H,4-7H2,1H3. The summed E-state index contributed by atoms with van der Waals surface area (Å²) in [7, 11) is -3.35. The number of sulfone groups is 1. The van der Waals surface area contributed by atoms with Gasteiger partial charge < -0.3 is 10.2 Å². The van der Waals surface area contributed by atoms with Gasteiger partial charge in [-0.2, -0.15) is 0 Å². The molecule has 0 atom stereocenters. The molecule has 0 bridgehead atoms. The molecule has 0 spiro atoms. The highest BCUT2D eigenvalue weighted by Gasteiger charge is 2.20. The predicted molar refractivity (Wildman–Crippen MR) is 76.0 cm³/mol. The average Bonchev–Trinajstić information content (AvgIpc) is 2.38. The van der Waals surface area contributed by atoms with Crippen molar-refractivity contribution in [3.8, 4) is 0 Å². The molecule has 0 unspecified atom stereocenters. The molecular weight excluding hydrogens is 332 g/mol. The van der Waals surface area contributed by atoms with Crippen LogP contribution in [-0.2, 0) is 9.84 Å². The number of piperazine rings is 1. The molecule has 1 aliphatic heterocycles. The van der Waals surface area contributed by atoms with Gasteiger partial charge in [-0.15, -0.1) is 0 Å². The Bertz CT molecular complexity index is 595. The van der Waals surface area contributed by atoms with Crippen LogP contribution in [0.4, 0.5) is 0 Å². The number of nitrogens with one attached hydrogen (secondary N) is 1. The van der Waals surface area contributed by atoms with Gasteiger partial charge in [0.2, 0.25) is 0 Å². The molecule has 1 amide bonds. The molecule has 19 heavy (non-hydrogen) atoms. The van der Waals surface area contributed by atoms with Crippen molar-refractivity contribution in [1.82, 2.24) is 10.2 Å². The van der Waals surface area contributed by atoms with Crippen LogP contribution in [0.5, 0.6) is 0 Å². The van der Waals surface area contributed by atoms with Crippen molar-refractivity contribution in [3.05, 3.63) is 28.2 Å². The second-order valence-corrected chi connectivity index (χ2v) is 7.30. The normalized spacial score (nSPS) is 16.4. The van der Waals surface area contributed by atoms with Gasteiger partial charge >= 0.3 is 0 Å². The first kappa shape index (κ1) is 14.5. The molecule has 5 nitrogen and oxygen atoms in total. The van der Waals surface area contributed by atoms with Gasteiger partial charge in [0, 0.05) is 42.5 Å². The Morgan fingerprint density at radius 3 is 2.53 bits per heavy atom. The topological polar surface area (TPSA) is 66.5 Å². The third-order valence-electron chi connectivity index (χ3n) is 2.98. The summed E-state index contributed by atoms with van der Waals surface area (Å²) in [6, 6.07) is 4.68. The maximum absolute atomic E-state index is 12.3. The van der Waals surface area contributed by atoms with Crippen LogP contribution in [0.3, 0.4) is 0 Å². The largest absolute Gasteiger partial charge is 0.336 e. The minimum absolute atomic E-state index is 0.126. The molecule has 1 aliphatic rings. The van der Waals surface area contributed by atoms with Crippen LogP contribution < -0.4 is 5.32 Å². The number of carbonyl (C=O) groups excluding carboxylic acids is 1. The molecule has 1 N–H and O–H groups in total. The zero-order chi connectivity index (χ0) is 14.0. The SMILES string of the molecule is CS(=O)(=O)c1cc(C(=O)N2CCNCC2)ccc1Br. The molecule has 104 valence electrons. The van der Waals surface area contributed by atoms with Crippen molar-refractivity contribution < 1.29 is 13.2 Å². The highest BCUT2D eigenvalue weighted by Crippen LogP contribution is 2.23. The molecule has 2 rings (SSSR count). The van der Waals surface area contributed by atoms with Crippen LogP contribution in [0.25, 0.3) is 0 Å². The summed E-state index contributed by atoms with van der Waals surface area (Å²) in [5.74, 6) is -0.126. The maximum atomic E-state index is 12.3. The fourth-order valence-electron chi connectivity index (χ4n) is 1.97. The van der Waals surface area contributed by atoms with Crippen molar-refractivity contribution in [1.29, 1.82) is 0 Å². The monoisotopic (exact) mass is 346 g/mol. The predicted octanol–water partition coefficient (Wildman–Crippen LogP) is 0.898. The Balaban J connectivity index is 2.33. The lowest BCUT2D eigenvalue weighted by Gasteiger charge is -2.27. The van der Waals surface area contributed by atoms with E-state index in [1.165, 1.54) is 6.07 Å². The van der Waals surface area contributed by atoms with E-state index >= 15 is 0 Å². The number of halogens is 1. The van der Waals surface area contributed by atoms with Gasteiger partial charge in [0.25, 0.3) is 5.91 Å². The molecule has 0 aliphatic carbocycles. The zero-order valence-electron chi connectivity index (χ0n) is 10.5. The van der Waals surface area contributed by atoms with Crippen molar-refractivity contribution >= 4 is 31.7 Å². The van der Waals surface area contributed by atoms with E-state index in [0.717, 1.165) is 19.3 Å². The van der Waals surface area contributed by atoms with E-state index in [1.54, 1.807) is 17.0 Å². The molecule has 1 aromatic carbocycles. The van der Waals surface area contributed by atoms with Gasteiger partial charge in [0.15, 0.2) is 9.84 Å². The Morgan fingerprint density at radius 1 is 1.32 bits per heavy atom. The quantitative estimate of drug-likeness (QED) is 0.863. The summed E-state index contributed by atoms with van der Waals surface area (Å²) in [6.45, 7) is 2.81. The van der Waals surface area contributed by atoms with Crippen molar-refractivity contribution in [2.24, 2.45) is 0 Å². The molecule has 0 aromatic heterocycles. The van der Waals surface area contributed by atoms with Crippen LogP contribution >= 0.6 is 15.9 Å².